The molecular weight excluding hydrogens is 367 g/mol. The fourth-order valence-electron chi connectivity index (χ4n) is 2.73. The van der Waals surface area contributed by atoms with Crippen LogP contribution < -0.4 is 5.32 Å². The summed E-state index contributed by atoms with van der Waals surface area (Å²) in [5, 5.41) is 2.33. The van der Waals surface area contributed by atoms with Crippen LogP contribution in [0.2, 0.25) is 5.02 Å². The van der Waals surface area contributed by atoms with Crippen molar-refractivity contribution in [3.05, 3.63) is 88.0 Å². The fourth-order valence-corrected chi connectivity index (χ4v) is 2.92. The second-order valence-corrected chi connectivity index (χ2v) is 6.76. The molecule has 6 heteroatoms. The number of ketones is 1. The Balaban J connectivity index is 1.77. The number of nitrogens with one attached hydrogen (secondary N) is 1. The molecule has 4 nitrogen and oxygen atoms in total. The van der Waals surface area contributed by atoms with E-state index in [0.29, 0.717) is 6.54 Å². The van der Waals surface area contributed by atoms with E-state index in [1.807, 2.05) is 26.0 Å². The van der Waals surface area contributed by atoms with Gasteiger partial charge in [0.15, 0.2) is 0 Å². The minimum absolute atomic E-state index is 0.127. The van der Waals surface area contributed by atoms with E-state index in [0.717, 1.165) is 11.6 Å². The van der Waals surface area contributed by atoms with Crippen LogP contribution in [0.4, 0.5) is 10.1 Å². The molecule has 138 valence electrons. The van der Waals surface area contributed by atoms with Gasteiger partial charge in [0, 0.05) is 18.4 Å². The van der Waals surface area contributed by atoms with Crippen molar-refractivity contribution in [3.63, 3.8) is 0 Å². The maximum absolute atomic E-state index is 13.2. The molecule has 0 bridgehead atoms. The molecule has 0 saturated heterocycles. The number of halogens is 2. The lowest BCUT2D eigenvalue weighted by atomic mass is 10.1. The molecule has 1 N–H and O–H groups in total. The highest BCUT2D eigenvalue weighted by Gasteiger charge is 2.20. The lowest BCUT2D eigenvalue weighted by Gasteiger charge is -2.11. The number of hydrogen-bond acceptors (Lipinski definition) is 2. The molecule has 0 atom stereocenters. The van der Waals surface area contributed by atoms with Crippen LogP contribution in [0.5, 0.6) is 0 Å². The SMILES string of the molecule is Cc1ccc(Cn2cccc2C(=O)C(=O)Nc2ccc(F)c(Cl)c2)cc1C. The van der Waals surface area contributed by atoms with Gasteiger partial charge in [-0.25, -0.2) is 4.39 Å². The summed E-state index contributed by atoms with van der Waals surface area (Å²) in [6, 6.07) is 13.1. The van der Waals surface area contributed by atoms with Gasteiger partial charge < -0.3 is 9.88 Å². The lowest BCUT2D eigenvalue weighted by Crippen LogP contribution is -2.25. The predicted molar refractivity (Wildman–Crippen MR) is 104 cm³/mol. The van der Waals surface area contributed by atoms with Crippen molar-refractivity contribution in [1.82, 2.24) is 4.57 Å². The minimum atomic E-state index is -0.808. The largest absolute Gasteiger partial charge is 0.340 e. The zero-order valence-electron chi connectivity index (χ0n) is 14.9. The van der Waals surface area contributed by atoms with Crippen LogP contribution in [0.15, 0.2) is 54.7 Å². The number of aryl methyl sites for hydroxylation is 2. The summed E-state index contributed by atoms with van der Waals surface area (Å²) in [6.07, 6.45) is 1.75. The quantitative estimate of drug-likeness (QED) is 0.509. The monoisotopic (exact) mass is 384 g/mol. The Morgan fingerprint density at radius 2 is 1.85 bits per heavy atom. The molecule has 1 amide bonds. The number of carbonyl (C=O) groups excluding carboxylic acids is 2. The third kappa shape index (κ3) is 4.26. The number of rotatable bonds is 5. The fraction of sp³-hybridized carbons (Fsp3) is 0.143. The van der Waals surface area contributed by atoms with E-state index in [-0.39, 0.29) is 16.4 Å². The molecule has 0 aliphatic rings. The van der Waals surface area contributed by atoms with Crippen molar-refractivity contribution >= 4 is 29.0 Å². The molecule has 0 spiro atoms. The molecule has 0 radical (unpaired) electrons. The summed E-state index contributed by atoms with van der Waals surface area (Å²) in [7, 11) is 0. The van der Waals surface area contributed by atoms with Crippen molar-refractivity contribution in [2.75, 3.05) is 5.32 Å². The average Bonchev–Trinajstić information content (AvgIpc) is 3.08. The Hall–Kier alpha value is -2.92. The predicted octanol–water partition coefficient (Wildman–Crippen LogP) is 4.77. The summed E-state index contributed by atoms with van der Waals surface area (Å²) < 4.78 is 14.9. The van der Waals surface area contributed by atoms with Crippen LogP contribution in [0.1, 0.15) is 27.2 Å². The highest BCUT2D eigenvalue weighted by molar-refractivity contribution is 6.46. The van der Waals surface area contributed by atoms with Crippen LogP contribution in [0.3, 0.4) is 0 Å². The Morgan fingerprint density at radius 3 is 2.56 bits per heavy atom. The third-order valence-corrected chi connectivity index (χ3v) is 4.66. The summed E-state index contributed by atoms with van der Waals surface area (Å²) >= 11 is 5.70. The number of amides is 1. The highest BCUT2D eigenvalue weighted by atomic mass is 35.5. The summed E-state index contributed by atoms with van der Waals surface area (Å²) in [6.45, 7) is 4.54. The molecule has 27 heavy (non-hydrogen) atoms. The van der Waals surface area contributed by atoms with E-state index in [4.69, 9.17) is 11.6 Å². The molecule has 0 aliphatic heterocycles. The molecular formula is C21H18ClFN2O2. The van der Waals surface area contributed by atoms with E-state index < -0.39 is 17.5 Å². The van der Waals surface area contributed by atoms with Crippen LogP contribution in [0.25, 0.3) is 0 Å². The number of nitrogens with zero attached hydrogens (tertiary/aromatic N) is 1. The maximum atomic E-state index is 13.2. The van der Waals surface area contributed by atoms with Gasteiger partial charge in [0.25, 0.3) is 11.7 Å². The van der Waals surface area contributed by atoms with Gasteiger partial charge in [-0.05, 0) is 60.9 Å². The number of hydrogen-bond donors (Lipinski definition) is 1. The Labute approximate surface area is 161 Å². The van der Waals surface area contributed by atoms with Gasteiger partial charge in [-0.3, -0.25) is 9.59 Å². The first-order valence-electron chi connectivity index (χ1n) is 8.37. The van der Waals surface area contributed by atoms with Crippen molar-refractivity contribution in [2.24, 2.45) is 0 Å². The Morgan fingerprint density at radius 1 is 1.07 bits per heavy atom. The van der Waals surface area contributed by atoms with Gasteiger partial charge in [-0.1, -0.05) is 29.8 Å². The van der Waals surface area contributed by atoms with Crippen molar-refractivity contribution in [1.29, 1.82) is 0 Å². The zero-order chi connectivity index (χ0) is 19.6. The second kappa shape index (κ2) is 7.76. The van der Waals surface area contributed by atoms with Crippen molar-refractivity contribution in [3.8, 4) is 0 Å². The Kier molecular flexibility index (Phi) is 5.42. The molecule has 2 aromatic carbocycles. The van der Waals surface area contributed by atoms with Crippen molar-refractivity contribution < 1.29 is 14.0 Å². The number of aromatic nitrogens is 1. The van der Waals surface area contributed by atoms with E-state index in [9.17, 15) is 14.0 Å². The van der Waals surface area contributed by atoms with Crippen LogP contribution in [-0.2, 0) is 11.3 Å². The maximum Gasteiger partial charge on any atom is 0.298 e. The van der Waals surface area contributed by atoms with Gasteiger partial charge in [0.05, 0.1) is 10.7 Å². The highest BCUT2D eigenvalue weighted by Crippen LogP contribution is 2.20. The van der Waals surface area contributed by atoms with Gasteiger partial charge in [-0.15, -0.1) is 0 Å². The van der Waals surface area contributed by atoms with E-state index >= 15 is 0 Å². The average molecular weight is 385 g/mol. The van der Waals surface area contributed by atoms with Gasteiger partial charge in [0.2, 0.25) is 0 Å². The molecule has 1 heterocycles. The van der Waals surface area contributed by atoms with Gasteiger partial charge in [-0.2, -0.15) is 0 Å². The summed E-state index contributed by atoms with van der Waals surface area (Å²) in [5.74, 6) is -2.08. The third-order valence-electron chi connectivity index (χ3n) is 4.37. The van der Waals surface area contributed by atoms with Crippen LogP contribution >= 0.6 is 11.6 Å². The van der Waals surface area contributed by atoms with Gasteiger partial charge >= 0.3 is 0 Å². The molecule has 0 unspecified atom stereocenters. The first-order valence-corrected chi connectivity index (χ1v) is 8.75. The molecule has 1 aromatic heterocycles. The van der Waals surface area contributed by atoms with E-state index in [2.05, 4.69) is 11.4 Å². The zero-order valence-corrected chi connectivity index (χ0v) is 15.7. The van der Waals surface area contributed by atoms with Crippen LogP contribution in [-0.4, -0.2) is 16.3 Å². The van der Waals surface area contributed by atoms with Gasteiger partial charge in [0.1, 0.15) is 5.82 Å². The smallest absolute Gasteiger partial charge is 0.298 e. The molecule has 0 aliphatic carbocycles. The topological polar surface area (TPSA) is 51.1 Å². The molecule has 3 rings (SSSR count). The van der Waals surface area contributed by atoms with Crippen molar-refractivity contribution in [2.45, 2.75) is 20.4 Å². The normalized spacial score (nSPS) is 10.7. The lowest BCUT2D eigenvalue weighted by molar-refractivity contribution is -0.112. The second-order valence-electron chi connectivity index (χ2n) is 6.35. The standard InChI is InChI=1S/C21H18ClFN2O2/c1-13-5-6-15(10-14(13)2)12-25-9-3-4-19(25)20(26)21(27)24-16-7-8-18(23)17(22)11-16/h3-11H,12H2,1-2H3,(H,24,27). The summed E-state index contributed by atoms with van der Waals surface area (Å²) in [4.78, 5) is 24.9. The molecule has 0 fully saturated rings. The first kappa shape index (κ1) is 18.9. The number of carbonyl (C=O) groups is 2. The van der Waals surface area contributed by atoms with E-state index in [1.165, 1.54) is 23.3 Å². The molecule has 3 aromatic rings. The van der Waals surface area contributed by atoms with E-state index in [1.54, 1.807) is 22.9 Å². The Bertz CT molecular complexity index is 1030. The van der Waals surface area contributed by atoms with Crippen LogP contribution in [0, 0.1) is 19.7 Å². The first-order chi connectivity index (χ1) is 12.8. The number of anilines is 1. The molecule has 0 saturated carbocycles. The minimum Gasteiger partial charge on any atom is -0.340 e. The number of Topliss-reactive ketones (excluding diaryl/α,β-unsaturated/α-hetero) is 1. The summed E-state index contributed by atoms with van der Waals surface area (Å²) in [5.41, 5.74) is 3.93. The number of benzene rings is 2.